The number of rotatable bonds is 15. The van der Waals surface area contributed by atoms with Gasteiger partial charge in [-0.05, 0) is 68.1 Å². The normalized spacial score (nSPS) is 12.0. The van der Waals surface area contributed by atoms with E-state index in [1.165, 1.54) is 21.3 Å². The lowest BCUT2D eigenvalue weighted by atomic mass is 10.1. The van der Waals surface area contributed by atoms with Crippen LogP contribution in [0.25, 0.3) is 0 Å². The first kappa shape index (κ1) is 30.1. The van der Waals surface area contributed by atoms with E-state index in [4.69, 9.17) is 4.74 Å². The second-order valence-corrected chi connectivity index (χ2v) is 10.6. The van der Waals surface area contributed by atoms with Crippen molar-refractivity contribution >= 4 is 27.5 Å². The predicted octanol–water partition coefficient (Wildman–Crippen LogP) is 4.10. The molecule has 2 aromatic rings. The SMILES string of the molecule is CCCNC(=O)[C@H](CC)N(Cc1ccc(F)cc1)C(=O)CCCN(c1ccc(OCC)cc1)S(C)(=O)=O. The first-order chi connectivity index (χ1) is 17.6. The molecule has 2 amide bonds. The van der Waals surface area contributed by atoms with Crippen LogP contribution in [0, 0.1) is 5.82 Å². The van der Waals surface area contributed by atoms with Crippen LogP contribution in [0.3, 0.4) is 0 Å². The summed E-state index contributed by atoms with van der Waals surface area (Å²) in [6.07, 6.45) is 2.59. The number of nitrogens with one attached hydrogen (secondary N) is 1. The minimum atomic E-state index is -3.59. The highest BCUT2D eigenvalue weighted by atomic mass is 32.2. The second kappa shape index (κ2) is 14.6. The molecular weight excluding hydrogens is 497 g/mol. The smallest absolute Gasteiger partial charge is 0.242 e. The molecule has 0 aromatic heterocycles. The molecule has 37 heavy (non-hydrogen) atoms. The van der Waals surface area contributed by atoms with E-state index in [1.54, 1.807) is 36.4 Å². The van der Waals surface area contributed by atoms with Crippen LogP contribution in [-0.4, -0.2) is 57.1 Å². The molecule has 0 saturated carbocycles. The molecule has 1 N–H and O–H groups in total. The van der Waals surface area contributed by atoms with Crippen molar-refractivity contribution in [3.05, 3.63) is 59.9 Å². The van der Waals surface area contributed by atoms with Crippen molar-refractivity contribution in [2.75, 3.05) is 30.3 Å². The maximum atomic E-state index is 13.4. The molecule has 0 spiro atoms. The zero-order valence-corrected chi connectivity index (χ0v) is 22.9. The number of carbonyl (C=O) groups excluding carboxylic acids is 2. The summed E-state index contributed by atoms with van der Waals surface area (Å²) < 4.78 is 45.1. The Bertz CT molecular complexity index is 1110. The maximum Gasteiger partial charge on any atom is 0.242 e. The number of sulfonamides is 1. The number of anilines is 1. The van der Waals surface area contributed by atoms with E-state index in [0.717, 1.165) is 12.7 Å². The summed E-state index contributed by atoms with van der Waals surface area (Å²) in [6.45, 7) is 6.89. The number of hydrogen-bond donors (Lipinski definition) is 1. The third kappa shape index (κ3) is 9.35. The molecule has 0 radical (unpaired) electrons. The van der Waals surface area contributed by atoms with Crippen molar-refractivity contribution in [3.8, 4) is 5.75 Å². The topological polar surface area (TPSA) is 96.0 Å². The molecule has 0 fully saturated rings. The van der Waals surface area contributed by atoms with Gasteiger partial charge in [-0.15, -0.1) is 0 Å². The summed E-state index contributed by atoms with van der Waals surface area (Å²) in [7, 11) is -3.59. The van der Waals surface area contributed by atoms with Crippen LogP contribution in [0.4, 0.5) is 10.1 Å². The van der Waals surface area contributed by atoms with E-state index in [9.17, 15) is 22.4 Å². The van der Waals surface area contributed by atoms with E-state index >= 15 is 0 Å². The number of nitrogens with zero attached hydrogens (tertiary/aromatic N) is 2. The fraction of sp³-hybridized carbons (Fsp3) is 0.481. The molecule has 2 aromatic carbocycles. The van der Waals surface area contributed by atoms with Gasteiger partial charge in [0.05, 0.1) is 18.6 Å². The van der Waals surface area contributed by atoms with Crippen molar-refractivity contribution in [1.82, 2.24) is 10.2 Å². The minimum absolute atomic E-state index is 0.0435. The molecule has 204 valence electrons. The first-order valence-corrected chi connectivity index (χ1v) is 14.5. The van der Waals surface area contributed by atoms with Gasteiger partial charge in [0, 0.05) is 26.1 Å². The van der Waals surface area contributed by atoms with Crippen LogP contribution in [-0.2, 0) is 26.2 Å². The molecule has 0 aliphatic heterocycles. The van der Waals surface area contributed by atoms with Crippen molar-refractivity contribution in [2.24, 2.45) is 0 Å². The average molecular weight is 536 g/mol. The average Bonchev–Trinajstić information content (AvgIpc) is 2.86. The summed E-state index contributed by atoms with van der Waals surface area (Å²) in [6, 6.07) is 11.8. The highest BCUT2D eigenvalue weighted by molar-refractivity contribution is 7.92. The number of amides is 2. The molecule has 0 aliphatic rings. The lowest BCUT2D eigenvalue weighted by Gasteiger charge is -2.31. The van der Waals surface area contributed by atoms with E-state index < -0.39 is 16.1 Å². The quantitative estimate of drug-likeness (QED) is 0.370. The molecule has 2 rings (SSSR count). The Morgan fingerprint density at radius 1 is 1.03 bits per heavy atom. The summed E-state index contributed by atoms with van der Waals surface area (Å²) in [4.78, 5) is 27.7. The van der Waals surface area contributed by atoms with Crippen LogP contribution in [0.2, 0.25) is 0 Å². The molecule has 10 heteroatoms. The Labute approximate surface area is 219 Å². The minimum Gasteiger partial charge on any atom is -0.494 e. The Morgan fingerprint density at radius 2 is 1.68 bits per heavy atom. The summed E-state index contributed by atoms with van der Waals surface area (Å²) in [5.74, 6) is -0.266. The Kier molecular flexibility index (Phi) is 11.8. The Hall–Kier alpha value is -3.14. The molecule has 0 aliphatic carbocycles. The summed E-state index contributed by atoms with van der Waals surface area (Å²) >= 11 is 0. The van der Waals surface area contributed by atoms with Crippen LogP contribution >= 0.6 is 0 Å². The molecule has 0 bridgehead atoms. The van der Waals surface area contributed by atoms with Crippen LogP contribution in [0.5, 0.6) is 5.75 Å². The molecular formula is C27H38FN3O5S. The van der Waals surface area contributed by atoms with Gasteiger partial charge in [-0.3, -0.25) is 13.9 Å². The van der Waals surface area contributed by atoms with Crippen LogP contribution in [0.1, 0.15) is 52.0 Å². The fourth-order valence-corrected chi connectivity index (χ4v) is 4.92. The van der Waals surface area contributed by atoms with Crippen molar-refractivity contribution in [3.63, 3.8) is 0 Å². The van der Waals surface area contributed by atoms with Crippen LogP contribution in [0.15, 0.2) is 48.5 Å². The highest BCUT2D eigenvalue weighted by Crippen LogP contribution is 2.23. The van der Waals surface area contributed by atoms with Gasteiger partial charge in [0.1, 0.15) is 17.6 Å². The Morgan fingerprint density at radius 3 is 2.22 bits per heavy atom. The number of hydrogen-bond acceptors (Lipinski definition) is 5. The summed E-state index contributed by atoms with van der Waals surface area (Å²) in [5.41, 5.74) is 1.18. The van der Waals surface area contributed by atoms with E-state index in [0.29, 0.717) is 36.6 Å². The second-order valence-electron chi connectivity index (χ2n) is 8.73. The van der Waals surface area contributed by atoms with Crippen molar-refractivity contribution < 1.29 is 27.1 Å². The number of carbonyl (C=O) groups is 2. The van der Waals surface area contributed by atoms with E-state index in [2.05, 4.69) is 5.32 Å². The summed E-state index contributed by atoms with van der Waals surface area (Å²) in [5, 5.41) is 2.85. The van der Waals surface area contributed by atoms with E-state index in [1.807, 2.05) is 20.8 Å². The zero-order chi connectivity index (χ0) is 27.4. The molecule has 0 heterocycles. The van der Waals surface area contributed by atoms with Crippen LogP contribution < -0.4 is 14.4 Å². The van der Waals surface area contributed by atoms with Gasteiger partial charge in [0.15, 0.2) is 0 Å². The van der Waals surface area contributed by atoms with Gasteiger partial charge in [0.2, 0.25) is 21.8 Å². The molecule has 0 unspecified atom stereocenters. The number of halogens is 1. The number of benzene rings is 2. The van der Waals surface area contributed by atoms with Gasteiger partial charge in [-0.25, -0.2) is 12.8 Å². The van der Waals surface area contributed by atoms with Crippen molar-refractivity contribution in [2.45, 2.75) is 59.0 Å². The highest BCUT2D eigenvalue weighted by Gasteiger charge is 2.28. The monoisotopic (exact) mass is 535 g/mol. The standard InChI is InChI=1S/C27H38FN3O5S/c1-5-18-29-27(33)25(6-2)30(20-21-10-12-22(28)13-11-21)26(32)9-8-19-31(37(4,34)35)23-14-16-24(17-15-23)36-7-3/h10-17,25H,5-9,18-20H2,1-4H3,(H,29,33)/t25-/m0/s1. The van der Waals surface area contributed by atoms with Gasteiger partial charge in [-0.1, -0.05) is 26.0 Å². The molecule has 1 atom stereocenters. The predicted molar refractivity (Wildman–Crippen MR) is 143 cm³/mol. The van der Waals surface area contributed by atoms with Gasteiger partial charge in [0.25, 0.3) is 0 Å². The van der Waals surface area contributed by atoms with Gasteiger partial charge < -0.3 is 15.0 Å². The molecule has 0 saturated heterocycles. The fourth-order valence-electron chi connectivity index (χ4n) is 3.95. The molecule has 8 nitrogen and oxygen atoms in total. The first-order valence-electron chi connectivity index (χ1n) is 12.6. The van der Waals surface area contributed by atoms with Gasteiger partial charge in [-0.2, -0.15) is 0 Å². The number of ether oxygens (including phenoxy) is 1. The van der Waals surface area contributed by atoms with E-state index in [-0.39, 0.29) is 43.6 Å². The lowest BCUT2D eigenvalue weighted by molar-refractivity contribution is -0.141. The largest absolute Gasteiger partial charge is 0.494 e. The zero-order valence-electron chi connectivity index (χ0n) is 22.1. The third-order valence-electron chi connectivity index (χ3n) is 5.79. The van der Waals surface area contributed by atoms with Gasteiger partial charge >= 0.3 is 0 Å². The Balaban J connectivity index is 2.18. The third-order valence-corrected chi connectivity index (χ3v) is 6.98. The lowest BCUT2D eigenvalue weighted by Crippen LogP contribution is -2.49. The van der Waals surface area contributed by atoms with Crippen molar-refractivity contribution in [1.29, 1.82) is 0 Å². The maximum absolute atomic E-state index is 13.4.